The maximum Gasteiger partial charge on any atom is 0.195 e. The number of nitrogens with one attached hydrogen (secondary N) is 1. The van der Waals surface area contributed by atoms with Crippen LogP contribution in [0, 0.1) is 0 Å². The van der Waals surface area contributed by atoms with Crippen LogP contribution in [0.5, 0.6) is 11.5 Å². The number of hydrogen-bond acceptors (Lipinski definition) is 5. The second kappa shape index (κ2) is 5.46. The molecular weight excluding hydrogens is 270 g/mol. The van der Waals surface area contributed by atoms with Gasteiger partial charge in [-0.3, -0.25) is 4.79 Å². The molecule has 0 radical (unpaired) electrons. The number of phenolic OH excluding ortho intramolecular Hbond substituents is 1. The second-order valence-electron chi connectivity index (χ2n) is 4.87. The van der Waals surface area contributed by atoms with E-state index >= 15 is 0 Å². The molecule has 1 aliphatic heterocycles. The Morgan fingerprint density at radius 3 is 2.71 bits per heavy atom. The van der Waals surface area contributed by atoms with Gasteiger partial charge in [0, 0.05) is 11.1 Å². The zero-order valence-corrected chi connectivity index (χ0v) is 11.2. The minimum Gasteiger partial charge on any atom is -0.504 e. The summed E-state index contributed by atoms with van der Waals surface area (Å²) in [6, 6.07) is 11.6. The highest BCUT2D eigenvalue weighted by atomic mass is 16.5. The van der Waals surface area contributed by atoms with E-state index in [1.807, 2.05) is 6.07 Å². The molecule has 0 saturated carbocycles. The maximum absolute atomic E-state index is 12.6. The van der Waals surface area contributed by atoms with Crippen LogP contribution >= 0.6 is 0 Å². The van der Waals surface area contributed by atoms with E-state index in [1.165, 1.54) is 6.07 Å². The smallest absolute Gasteiger partial charge is 0.195 e. The van der Waals surface area contributed by atoms with Crippen molar-refractivity contribution in [1.29, 1.82) is 0 Å². The molecule has 5 nitrogen and oxygen atoms in total. The van der Waals surface area contributed by atoms with Gasteiger partial charge in [0.2, 0.25) is 0 Å². The molecule has 0 fully saturated rings. The standard InChI is InChI=1S/C16H15NO4/c18-8-11-9-21-16-13(19)7-6-12(14(16)17-11)15(20)10-4-2-1-3-5-10/h1-7,11,17-19H,8-9H2. The summed E-state index contributed by atoms with van der Waals surface area (Å²) in [6.45, 7) is 0.119. The van der Waals surface area contributed by atoms with Crippen molar-refractivity contribution in [3.05, 3.63) is 53.6 Å². The molecule has 1 unspecified atom stereocenters. The Labute approximate surface area is 121 Å². The van der Waals surface area contributed by atoms with E-state index < -0.39 is 0 Å². The SMILES string of the molecule is O=C(c1ccccc1)c1ccc(O)c2c1NC(CO)CO2. The van der Waals surface area contributed by atoms with Gasteiger partial charge in [0.05, 0.1) is 18.3 Å². The average Bonchev–Trinajstić information content (AvgIpc) is 2.55. The maximum atomic E-state index is 12.6. The first-order valence-electron chi connectivity index (χ1n) is 6.66. The number of hydrogen-bond donors (Lipinski definition) is 3. The van der Waals surface area contributed by atoms with Crippen LogP contribution in [-0.4, -0.2) is 35.3 Å². The highest BCUT2D eigenvalue weighted by Gasteiger charge is 2.26. The van der Waals surface area contributed by atoms with Crippen molar-refractivity contribution in [2.45, 2.75) is 6.04 Å². The first-order valence-corrected chi connectivity index (χ1v) is 6.66. The van der Waals surface area contributed by atoms with Crippen LogP contribution in [0.4, 0.5) is 5.69 Å². The van der Waals surface area contributed by atoms with Gasteiger partial charge in [-0.25, -0.2) is 0 Å². The molecule has 2 aromatic carbocycles. The molecule has 1 atom stereocenters. The van der Waals surface area contributed by atoms with E-state index in [0.29, 0.717) is 16.8 Å². The lowest BCUT2D eigenvalue weighted by molar-refractivity contribution is 0.103. The van der Waals surface area contributed by atoms with Gasteiger partial charge in [-0.2, -0.15) is 0 Å². The summed E-state index contributed by atoms with van der Waals surface area (Å²) >= 11 is 0. The molecule has 0 saturated heterocycles. The molecule has 21 heavy (non-hydrogen) atoms. The molecule has 3 N–H and O–H groups in total. The Kier molecular flexibility index (Phi) is 3.50. The summed E-state index contributed by atoms with van der Waals surface area (Å²) in [6.07, 6.45) is 0. The molecule has 0 aromatic heterocycles. The van der Waals surface area contributed by atoms with Gasteiger partial charge in [-0.15, -0.1) is 0 Å². The number of aromatic hydroxyl groups is 1. The van der Waals surface area contributed by atoms with Crippen molar-refractivity contribution in [1.82, 2.24) is 0 Å². The second-order valence-corrected chi connectivity index (χ2v) is 4.87. The monoisotopic (exact) mass is 285 g/mol. The lowest BCUT2D eigenvalue weighted by Gasteiger charge is -2.28. The number of carbonyl (C=O) groups excluding carboxylic acids is 1. The zero-order valence-electron chi connectivity index (χ0n) is 11.2. The zero-order chi connectivity index (χ0) is 14.8. The number of anilines is 1. The summed E-state index contributed by atoms with van der Waals surface area (Å²) in [7, 11) is 0. The van der Waals surface area contributed by atoms with Crippen molar-refractivity contribution in [3.8, 4) is 11.5 Å². The topological polar surface area (TPSA) is 78.8 Å². The summed E-state index contributed by atoms with van der Waals surface area (Å²) in [4.78, 5) is 12.6. The molecule has 0 spiro atoms. The van der Waals surface area contributed by atoms with Crippen molar-refractivity contribution >= 4 is 11.5 Å². The normalized spacial score (nSPS) is 16.5. The van der Waals surface area contributed by atoms with Crippen molar-refractivity contribution in [3.63, 3.8) is 0 Å². The van der Waals surface area contributed by atoms with E-state index in [0.717, 1.165) is 0 Å². The molecule has 1 heterocycles. The van der Waals surface area contributed by atoms with Crippen LogP contribution in [0.25, 0.3) is 0 Å². The fourth-order valence-corrected chi connectivity index (χ4v) is 2.32. The summed E-state index contributed by atoms with van der Waals surface area (Å²) in [5, 5.41) is 22.1. The number of aliphatic hydroxyl groups is 1. The van der Waals surface area contributed by atoms with E-state index in [4.69, 9.17) is 4.74 Å². The molecule has 0 aliphatic carbocycles. The highest BCUT2D eigenvalue weighted by molar-refractivity contribution is 6.13. The molecule has 108 valence electrons. The minimum absolute atomic E-state index is 0.0292. The number of benzene rings is 2. The Balaban J connectivity index is 2.06. The third-order valence-electron chi connectivity index (χ3n) is 3.42. The predicted octanol–water partition coefficient (Wildman–Crippen LogP) is 1.79. The van der Waals surface area contributed by atoms with Crippen LogP contribution in [0.3, 0.4) is 0 Å². The number of aliphatic hydroxyl groups excluding tert-OH is 1. The molecule has 3 rings (SSSR count). The summed E-state index contributed by atoms with van der Waals surface area (Å²) in [5.41, 5.74) is 1.39. The van der Waals surface area contributed by atoms with Crippen molar-refractivity contribution in [2.75, 3.05) is 18.5 Å². The number of carbonyl (C=O) groups is 1. The Morgan fingerprint density at radius 2 is 2.00 bits per heavy atom. The minimum atomic E-state index is -0.304. The fourth-order valence-electron chi connectivity index (χ4n) is 2.32. The van der Waals surface area contributed by atoms with E-state index in [-0.39, 0.29) is 36.5 Å². The largest absolute Gasteiger partial charge is 0.504 e. The van der Waals surface area contributed by atoms with E-state index in [9.17, 15) is 15.0 Å². The third-order valence-corrected chi connectivity index (χ3v) is 3.42. The van der Waals surface area contributed by atoms with Gasteiger partial charge in [0.25, 0.3) is 0 Å². The molecule has 0 bridgehead atoms. The van der Waals surface area contributed by atoms with Gasteiger partial charge >= 0.3 is 0 Å². The van der Waals surface area contributed by atoms with Crippen LogP contribution < -0.4 is 10.1 Å². The van der Waals surface area contributed by atoms with E-state index in [2.05, 4.69) is 5.32 Å². The molecule has 1 aliphatic rings. The lowest BCUT2D eigenvalue weighted by atomic mass is 9.99. The van der Waals surface area contributed by atoms with Gasteiger partial charge in [0.15, 0.2) is 17.3 Å². The highest BCUT2D eigenvalue weighted by Crippen LogP contribution is 2.40. The van der Waals surface area contributed by atoms with Gasteiger partial charge in [-0.05, 0) is 12.1 Å². The molecule has 5 heteroatoms. The average molecular weight is 285 g/mol. The van der Waals surface area contributed by atoms with Crippen molar-refractivity contribution < 1.29 is 19.7 Å². The molecule has 2 aromatic rings. The van der Waals surface area contributed by atoms with Gasteiger partial charge in [-0.1, -0.05) is 30.3 Å². The predicted molar refractivity (Wildman–Crippen MR) is 78.0 cm³/mol. The Bertz CT molecular complexity index is 669. The van der Waals surface area contributed by atoms with Crippen LogP contribution in [0.2, 0.25) is 0 Å². The quantitative estimate of drug-likeness (QED) is 0.749. The number of fused-ring (bicyclic) bond motifs is 1. The number of ketones is 1. The number of rotatable bonds is 3. The van der Waals surface area contributed by atoms with E-state index in [1.54, 1.807) is 30.3 Å². The Hall–Kier alpha value is -2.53. The first kappa shape index (κ1) is 13.5. The lowest BCUT2D eigenvalue weighted by Crippen LogP contribution is -2.35. The van der Waals surface area contributed by atoms with Gasteiger partial charge in [0.1, 0.15) is 6.61 Å². The number of ether oxygens (including phenoxy) is 1. The summed E-state index contributed by atoms with van der Waals surface area (Å²) < 4.78 is 5.46. The molecular formula is C16H15NO4. The van der Waals surface area contributed by atoms with Crippen LogP contribution in [-0.2, 0) is 0 Å². The van der Waals surface area contributed by atoms with Crippen LogP contribution in [0.15, 0.2) is 42.5 Å². The van der Waals surface area contributed by atoms with Gasteiger partial charge < -0.3 is 20.3 Å². The van der Waals surface area contributed by atoms with Crippen molar-refractivity contribution in [2.24, 2.45) is 0 Å². The fraction of sp³-hybridized carbons (Fsp3) is 0.188. The third kappa shape index (κ3) is 2.43. The molecule has 0 amide bonds. The Morgan fingerprint density at radius 1 is 1.24 bits per heavy atom. The summed E-state index contributed by atoms with van der Waals surface area (Å²) in [5.74, 6) is 0.0570. The first-order chi connectivity index (χ1) is 10.2. The number of phenols is 1. The van der Waals surface area contributed by atoms with Crippen LogP contribution in [0.1, 0.15) is 15.9 Å².